The Morgan fingerprint density at radius 2 is 2.39 bits per heavy atom. The van der Waals surface area contributed by atoms with Crippen LogP contribution >= 0.6 is 0 Å². The second kappa shape index (κ2) is 6.78. The molecule has 18 heavy (non-hydrogen) atoms. The Balaban J connectivity index is 2.03. The van der Waals surface area contributed by atoms with Crippen molar-refractivity contribution in [3.05, 3.63) is 12.4 Å². The van der Waals surface area contributed by atoms with E-state index in [1.54, 1.807) is 0 Å². The number of imidazole rings is 1. The summed E-state index contributed by atoms with van der Waals surface area (Å²) in [6.07, 6.45) is 9.09. The van der Waals surface area contributed by atoms with Gasteiger partial charge in [-0.3, -0.25) is 0 Å². The maximum absolute atomic E-state index is 4.54. The highest BCUT2D eigenvalue weighted by atomic mass is 15.3. The van der Waals surface area contributed by atoms with Crippen molar-refractivity contribution in [3.63, 3.8) is 0 Å². The summed E-state index contributed by atoms with van der Waals surface area (Å²) in [5.41, 5.74) is 0. The van der Waals surface area contributed by atoms with E-state index in [2.05, 4.69) is 39.8 Å². The number of unbranched alkanes of at least 4 members (excludes halogenated alkanes) is 1. The van der Waals surface area contributed by atoms with Crippen molar-refractivity contribution >= 4 is 5.95 Å². The van der Waals surface area contributed by atoms with Crippen molar-refractivity contribution < 1.29 is 0 Å². The minimum Gasteiger partial charge on any atom is -0.341 e. The van der Waals surface area contributed by atoms with Gasteiger partial charge >= 0.3 is 0 Å². The molecule has 1 aromatic heterocycles. The molecule has 0 spiro atoms. The molecule has 1 aromatic rings. The highest BCUT2D eigenvalue weighted by molar-refractivity contribution is 5.31. The van der Waals surface area contributed by atoms with Gasteiger partial charge in [-0.05, 0) is 32.7 Å². The number of hydrogen-bond donors (Lipinski definition) is 1. The summed E-state index contributed by atoms with van der Waals surface area (Å²) in [5, 5.41) is 3.58. The molecule has 0 aliphatic carbocycles. The van der Waals surface area contributed by atoms with Gasteiger partial charge < -0.3 is 14.8 Å². The van der Waals surface area contributed by atoms with Crippen molar-refractivity contribution in [2.75, 3.05) is 24.5 Å². The van der Waals surface area contributed by atoms with Gasteiger partial charge in [0.15, 0.2) is 0 Å². The minimum atomic E-state index is 0.642. The molecule has 0 bridgehead atoms. The molecule has 0 saturated carbocycles. The first-order valence-electron chi connectivity index (χ1n) is 7.34. The van der Waals surface area contributed by atoms with Crippen LogP contribution in [-0.4, -0.2) is 35.2 Å². The van der Waals surface area contributed by atoms with Crippen LogP contribution < -0.4 is 10.2 Å². The summed E-state index contributed by atoms with van der Waals surface area (Å²) in [6, 6.07) is 0.642. The van der Waals surface area contributed by atoms with Crippen molar-refractivity contribution in [2.45, 2.75) is 52.1 Å². The molecule has 1 fully saturated rings. The van der Waals surface area contributed by atoms with Gasteiger partial charge in [-0.25, -0.2) is 4.98 Å². The SMILES string of the molecule is CCCCN(CC1CCCN1)c1nccn1CC. The highest BCUT2D eigenvalue weighted by Gasteiger charge is 2.20. The normalized spacial score (nSPS) is 19.3. The molecule has 4 nitrogen and oxygen atoms in total. The summed E-state index contributed by atoms with van der Waals surface area (Å²) in [7, 11) is 0. The summed E-state index contributed by atoms with van der Waals surface area (Å²) in [4.78, 5) is 7.00. The van der Waals surface area contributed by atoms with Crippen molar-refractivity contribution in [1.29, 1.82) is 0 Å². The summed E-state index contributed by atoms with van der Waals surface area (Å²) in [6.45, 7) is 8.81. The van der Waals surface area contributed by atoms with Gasteiger partial charge in [-0.1, -0.05) is 13.3 Å². The van der Waals surface area contributed by atoms with Crippen LogP contribution in [0.3, 0.4) is 0 Å². The Bertz CT molecular complexity index is 341. The van der Waals surface area contributed by atoms with E-state index in [4.69, 9.17) is 0 Å². The molecule has 1 unspecified atom stereocenters. The van der Waals surface area contributed by atoms with Gasteiger partial charge in [0.1, 0.15) is 0 Å². The Hall–Kier alpha value is -1.03. The van der Waals surface area contributed by atoms with Crippen LogP contribution in [0.2, 0.25) is 0 Å². The second-order valence-electron chi connectivity index (χ2n) is 5.11. The highest BCUT2D eigenvalue weighted by Crippen LogP contribution is 2.16. The molecule has 1 aliphatic heterocycles. The average Bonchev–Trinajstić information content (AvgIpc) is 3.04. The maximum Gasteiger partial charge on any atom is 0.205 e. The predicted molar refractivity (Wildman–Crippen MR) is 76.0 cm³/mol. The molecule has 2 rings (SSSR count). The van der Waals surface area contributed by atoms with E-state index in [1.807, 2.05) is 6.20 Å². The van der Waals surface area contributed by atoms with Crippen LogP contribution in [0.1, 0.15) is 39.5 Å². The fraction of sp³-hybridized carbons (Fsp3) is 0.786. The van der Waals surface area contributed by atoms with Crippen molar-refractivity contribution in [3.8, 4) is 0 Å². The molecule has 4 heteroatoms. The lowest BCUT2D eigenvalue weighted by atomic mass is 10.2. The first-order valence-corrected chi connectivity index (χ1v) is 7.34. The molecule has 0 amide bonds. The first-order chi connectivity index (χ1) is 8.85. The zero-order chi connectivity index (χ0) is 12.8. The van der Waals surface area contributed by atoms with E-state index in [0.717, 1.165) is 25.6 Å². The number of hydrogen-bond acceptors (Lipinski definition) is 3. The molecule has 1 aliphatic rings. The minimum absolute atomic E-state index is 0.642. The Morgan fingerprint density at radius 1 is 1.50 bits per heavy atom. The molecule has 1 atom stereocenters. The fourth-order valence-corrected chi connectivity index (χ4v) is 2.63. The topological polar surface area (TPSA) is 33.1 Å². The van der Waals surface area contributed by atoms with Crippen molar-refractivity contribution in [2.24, 2.45) is 0 Å². The lowest BCUT2D eigenvalue weighted by Gasteiger charge is -2.27. The molecular formula is C14H26N4. The molecule has 2 heterocycles. The number of aromatic nitrogens is 2. The van der Waals surface area contributed by atoms with E-state index in [9.17, 15) is 0 Å². The van der Waals surface area contributed by atoms with Gasteiger partial charge in [-0.2, -0.15) is 0 Å². The van der Waals surface area contributed by atoms with Crippen molar-refractivity contribution in [1.82, 2.24) is 14.9 Å². The van der Waals surface area contributed by atoms with Gasteiger partial charge in [0.05, 0.1) is 0 Å². The lowest BCUT2D eigenvalue weighted by Crippen LogP contribution is -2.39. The van der Waals surface area contributed by atoms with Gasteiger partial charge in [0.2, 0.25) is 5.95 Å². The zero-order valence-electron chi connectivity index (χ0n) is 11.7. The first kappa shape index (κ1) is 13.4. The Labute approximate surface area is 110 Å². The van der Waals surface area contributed by atoms with Crippen LogP contribution in [0.15, 0.2) is 12.4 Å². The van der Waals surface area contributed by atoms with Crippen LogP contribution in [0, 0.1) is 0 Å². The van der Waals surface area contributed by atoms with Crippen LogP contribution in [0.4, 0.5) is 5.95 Å². The number of nitrogens with one attached hydrogen (secondary N) is 1. The molecule has 0 radical (unpaired) electrons. The molecule has 1 N–H and O–H groups in total. The standard InChI is InChI=1S/C14H26N4/c1-3-5-10-18(12-13-7-6-8-15-13)14-16-9-11-17(14)4-2/h9,11,13,15H,3-8,10,12H2,1-2H3. The van der Waals surface area contributed by atoms with Gasteiger partial charge in [-0.15, -0.1) is 0 Å². The number of aryl methyl sites for hydroxylation is 1. The summed E-state index contributed by atoms with van der Waals surface area (Å²) < 4.78 is 2.24. The lowest BCUT2D eigenvalue weighted by molar-refractivity contribution is 0.556. The molecule has 1 saturated heterocycles. The summed E-state index contributed by atoms with van der Waals surface area (Å²) >= 11 is 0. The van der Waals surface area contributed by atoms with Crippen LogP contribution in [0.25, 0.3) is 0 Å². The van der Waals surface area contributed by atoms with Gasteiger partial charge in [0, 0.05) is 38.1 Å². The van der Waals surface area contributed by atoms with E-state index >= 15 is 0 Å². The second-order valence-corrected chi connectivity index (χ2v) is 5.11. The van der Waals surface area contributed by atoms with Crippen LogP contribution in [-0.2, 0) is 6.54 Å². The third kappa shape index (κ3) is 3.25. The predicted octanol–water partition coefficient (Wildman–Crippen LogP) is 2.26. The van der Waals surface area contributed by atoms with E-state index in [-0.39, 0.29) is 0 Å². The Morgan fingerprint density at radius 3 is 3.06 bits per heavy atom. The van der Waals surface area contributed by atoms with Gasteiger partial charge in [0.25, 0.3) is 0 Å². The third-order valence-electron chi connectivity index (χ3n) is 3.70. The quantitative estimate of drug-likeness (QED) is 0.806. The molecule has 102 valence electrons. The van der Waals surface area contributed by atoms with E-state index in [1.165, 1.54) is 32.2 Å². The smallest absolute Gasteiger partial charge is 0.205 e. The Kier molecular flexibility index (Phi) is 5.05. The zero-order valence-corrected chi connectivity index (χ0v) is 11.7. The maximum atomic E-state index is 4.54. The molecular weight excluding hydrogens is 224 g/mol. The average molecular weight is 250 g/mol. The fourth-order valence-electron chi connectivity index (χ4n) is 2.63. The van der Waals surface area contributed by atoms with E-state index < -0.39 is 0 Å². The number of rotatable bonds is 7. The van der Waals surface area contributed by atoms with E-state index in [0.29, 0.717) is 6.04 Å². The number of nitrogens with zero attached hydrogens (tertiary/aromatic N) is 3. The summed E-state index contributed by atoms with van der Waals surface area (Å²) in [5.74, 6) is 1.14. The third-order valence-corrected chi connectivity index (χ3v) is 3.70. The van der Waals surface area contributed by atoms with Crippen LogP contribution in [0.5, 0.6) is 0 Å². The monoisotopic (exact) mass is 250 g/mol. The number of anilines is 1. The largest absolute Gasteiger partial charge is 0.341 e. The molecule has 0 aromatic carbocycles.